The van der Waals surface area contributed by atoms with Gasteiger partial charge in [0.25, 0.3) is 0 Å². The van der Waals surface area contributed by atoms with Crippen LogP contribution in [0.4, 0.5) is 0 Å². The van der Waals surface area contributed by atoms with Gasteiger partial charge in [0.15, 0.2) is 12.4 Å². The number of carbonyl (C=O) groups is 1. The average Bonchev–Trinajstić information content (AvgIpc) is 2.14. The lowest BCUT2D eigenvalue weighted by Crippen LogP contribution is -2.33. The molecule has 0 aliphatic rings. The van der Waals surface area contributed by atoms with Gasteiger partial charge in [0.2, 0.25) is 0 Å². The Bertz CT molecular complexity index is 285. The first-order chi connectivity index (χ1) is 6.54. The van der Waals surface area contributed by atoms with Crippen molar-refractivity contribution in [1.82, 2.24) is 0 Å². The van der Waals surface area contributed by atoms with Crippen LogP contribution in [-0.4, -0.2) is 12.4 Å². The van der Waals surface area contributed by atoms with Gasteiger partial charge < -0.3 is 4.74 Å². The van der Waals surface area contributed by atoms with Gasteiger partial charge >= 0.3 is 0 Å². The molecule has 0 fully saturated rings. The normalized spacial score (nSPS) is 13.4. The third kappa shape index (κ3) is 2.87. The van der Waals surface area contributed by atoms with Crippen molar-refractivity contribution < 1.29 is 9.53 Å². The zero-order valence-electron chi connectivity index (χ0n) is 8.86. The highest BCUT2D eigenvalue weighted by atomic mass is 16.5. The molecule has 0 saturated heterocycles. The van der Waals surface area contributed by atoms with Crippen molar-refractivity contribution in [2.45, 2.75) is 26.9 Å². The van der Waals surface area contributed by atoms with Crippen molar-refractivity contribution in [1.29, 1.82) is 0 Å². The molecular weight excluding hydrogens is 176 g/mol. The fourth-order valence-electron chi connectivity index (χ4n) is 1.05. The number of benzene rings is 1. The fraction of sp³-hybridized carbons (Fsp3) is 0.417. The summed E-state index contributed by atoms with van der Waals surface area (Å²) in [5, 5.41) is 0. The van der Waals surface area contributed by atoms with Crippen molar-refractivity contribution >= 4 is 6.29 Å². The van der Waals surface area contributed by atoms with Crippen molar-refractivity contribution in [3.05, 3.63) is 30.3 Å². The van der Waals surface area contributed by atoms with Gasteiger partial charge in [-0.3, -0.25) is 4.79 Å². The second kappa shape index (κ2) is 4.27. The molecule has 2 heteroatoms. The van der Waals surface area contributed by atoms with Crippen LogP contribution in [0.3, 0.4) is 0 Å². The summed E-state index contributed by atoms with van der Waals surface area (Å²) >= 11 is 0. The van der Waals surface area contributed by atoms with Crippen LogP contribution in [0, 0.1) is 5.41 Å². The van der Waals surface area contributed by atoms with Crippen molar-refractivity contribution in [2.75, 3.05) is 0 Å². The molecule has 0 heterocycles. The van der Waals surface area contributed by atoms with Crippen LogP contribution < -0.4 is 4.74 Å². The first-order valence-corrected chi connectivity index (χ1v) is 4.71. The molecule has 0 bridgehead atoms. The number of para-hydroxylation sites is 1. The standard InChI is InChI=1S/C12H16O2/c1-12(2,3)11(9-13)14-10-7-5-4-6-8-10/h4-9,11H,1-3H3. The molecule has 14 heavy (non-hydrogen) atoms. The van der Waals surface area contributed by atoms with Crippen LogP contribution in [-0.2, 0) is 4.79 Å². The molecule has 0 saturated carbocycles. The molecule has 1 atom stereocenters. The molecule has 1 aromatic carbocycles. The molecule has 1 aromatic rings. The Morgan fingerprint density at radius 2 is 1.79 bits per heavy atom. The maximum Gasteiger partial charge on any atom is 0.161 e. The van der Waals surface area contributed by atoms with Crippen LogP contribution in [0.1, 0.15) is 20.8 Å². The quantitative estimate of drug-likeness (QED) is 0.688. The molecule has 76 valence electrons. The first kappa shape index (κ1) is 10.8. The van der Waals surface area contributed by atoms with Gasteiger partial charge in [-0.1, -0.05) is 39.0 Å². The summed E-state index contributed by atoms with van der Waals surface area (Å²) in [6, 6.07) is 9.39. The van der Waals surface area contributed by atoms with Crippen LogP contribution in [0.15, 0.2) is 30.3 Å². The summed E-state index contributed by atoms with van der Waals surface area (Å²) in [7, 11) is 0. The minimum Gasteiger partial charge on any atom is -0.482 e. The maximum absolute atomic E-state index is 10.8. The Balaban J connectivity index is 2.72. The number of aldehydes is 1. The molecule has 0 aliphatic heterocycles. The summed E-state index contributed by atoms with van der Waals surface area (Å²) in [5.41, 5.74) is -0.169. The van der Waals surface area contributed by atoms with Crippen molar-refractivity contribution in [3.8, 4) is 5.75 Å². The van der Waals surface area contributed by atoms with Gasteiger partial charge in [0.1, 0.15) is 5.75 Å². The molecule has 0 N–H and O–H groups in total. The van der Waals surface area contributed by atoms with E-state index < -0.39 is 6.10 Å². The van der Waals surface area contributed by atoms with Crippen LogP contribution in [0.25, 0.3) is 0 Å². The van der Waals surface area contributed by atoms with Gasteiger partial charge in [-0.2, -0.15) is 0 Å². The van der Waals surface area contributed by atoms with E-state index in [0.717, 1.165) is 12.0 Å². The van der Waals surface area contributed by atoms with E-state index in [9.17, 15) is 4.79 Å². The average molecular weight is 192 g/mol. The summed E-state index contributed by atoms with van der Waals surface area (Å²) < 4.78 is 5.56. The lowest BCUT2D eigenvalue weighted by molar-refractivity contribution is -0.117. The number of hydrogen-bond donors (Lipinski definition) is 0. The van der Waals surface area contributed by atoms with E-state index >= 15 is 0 Å². The molecule has 0 radical (unpaired) electrons. The number of carbonyl (C=O) groups excluding carboxylic acids is 1. The van der Waals surface area contributed by atoms with E-state index in [4.69, 9.17) is 4.74 Å². The maximum atomic E-state index is 10.8. The Kier molecular flexibility index (Phi) is 3.28. The zero-order valence-corrected chi connectivity index (χ0v) is 8.86. The number of rotatable bonds is 3. The second-order valence-corrected chi connectivity index (χ2v) is 4.35. The molecule has 1 unspecified atom stereocenters. The van der Waals surface area contributed by atoms with Gasteiger partial charge in [-0.15, -0.1) is 0 Å². The summed E-state index contributed by atoms with van der Waals surface area (Å²) in [6.07, 6.45) is 0.456. The van der Waals surface area contributed by atoms with Crippen LogP contribution >= 0.6 is 0 Å². The highest BCUT2D eigenvalue weighted by molar-refractivity contribution is 5.58. The molecule has 0 aliphatic carbocycles. The van der Waals surface area contributed by atoms with Gasteiger partial charge in [-0.25, -0.2) is 0 Å². The van der Waals surface area contributed by atoms with Gasteiger partial charge in [-0.05, 0) is 12.1 Å². The summed E-state index contributed by atoms with van der Waals surface area (Å²) in [5.74, 6) is 0.736. The number of ether oxygens (including phenoxy) is 1. The molecular formula is C12H16O2. The van der Waals surface area contributed by atoms with Crippen LogP contribution in [0.2, 0.25) is 0 Å². The Morgan fingerprint density at radius 1 is 1.21 bits per heavy atom. The van der Waals surface area contributed by atoms with Crippen molar-refractivity contribution in [2.24, 2.45) is 5.41 Å². The topological polar surface area (TPSA) is 26.3 Å². The Hall–Kier alpha value is -1.31. The predicted molar refractivity (Wildman–Crippen MR) is 56.4 cm³/mol. The molecule has 2 nitrogen and oxygen atoms in total. The second-order valence-electron chi connectivity index (χ2n) is 4.35. The predicted octanol–water partition coefficient (Wildman–Crippen LogP) is 2.68. The van der Waals surface area contributed by atoms with Gasteiger partial charge in [0, 0.05) is 5.41 Å². The van der Waals surface area contributed by atoms with E-state index in [0.29, 0.717) is 0 Å². The van der Waals surface area contributed by atoms with E-state index in [1.807, 2.05) is 51.1 Å². The highest BCUT2D eigenvalue weighted by Gasteiger charge is 2.25. The van der Waals surface area contributed by atoms with E-state index in [2.05, 4.69) is 0 Å². The minimum absolute atomic E-state index is 0.169. The SMILES string of the molecule is CC(C)(C)C(C=O)Oc1ccccc1. The van der Waals surface area contributed by atoms with Gasteiger partial charge in [0.05, 0.1) is 0 Å². The zero-order chi connectivity index (χ0) is 10.6. The Morgan fingerprint density at radius 3 is 2.21 bits per heavy atom. The van der Waals surface area contributed by atoms with E-state index in [1.54, 1.807) is 0 Å². The van der Waals surface area contributed by atoms with E-state index in [-0.39, 0.29) is 5.41 Å². The largest absolute Gasteiger partial charge is 0.482 e. The summed E-state index contributed by atoms with van der Waals surface area (Å²) in [4.78, 5) is 10.8. The number of hydrogen-bond acceptors (Lipinski definition) is 2. The molecule has 0 aromatic heterocycles. The smallest absolute Gasteiger partial charge is 0.161 e. The molecule has 1 rings (SSSR count). The monoisotopic (exact) mass is 192 g/mol. The summed E-state index contributed by atoms with van der Waals surface area (Å²) in [6.45, 7) is 5.94. The first-order valence-electron chi connectivity index (χ1n) is 4.71. The van der Waals surface area contributed by atoms with E-state index in [1.165, 1.54) is 0 Å². The highest BCUT2D eigenvalue weighted by Crippen LogP contribution is 2.23. The minimum atomic E-state index is -0.398. The van der Waals surface area contributed by atoms with Crippen LogP contribution in [0.5, 0.6) is 5.75 Å². The molecule has 0 spiro atoms. The third-order valence-corrected chi connectivity index (χ3v) is 1.98. The lowest BCUT2D eigenvalue weighted by Gasteiger charge is -2.26. The lowest BCUT2D eigenvalue weighted by atomic mass is 9.90. The third-order valence-electron chi connectivity index (χ3n) is 1.98. The Labute approximate surface area is 84.9 Å². The molecule has 0 amide bonds. The fourth-order valence-corrected chi connectivity index (χ4v) is 1.05. The van der Waals surface area contributed by atoms with Crippen molar-refractivity contribution in [3.63, 3.8) is 0 Å².